The van der Waals surface area contributed by atoms with Gasteiger partial charge in [-0.1, -0.05) is 23.7 Å². The Morgan fingerprint density at radius 3 is 2.48 bits per heavy atom. The molecule has 11 nitrogen and oxygen atoms in total. The monoisotopic (exact) mass is 699 g/mol. The van der Waals surface area contributed by atoms with Crippen molar-refractivity contribution in [2.45, 2.75) is 58.0 Å². The van der Waals surface area contributed by atoms with E-state index in [4.69, 9.17) is 16.3 Å². The van der Waals surface area contributed by atoms with E-state index in [1.165, 1.54) is 23.0 Å². The number of ether oxygens (including phenoxy) is 1. The number of nitrogens with one attached hydrogen (secondary N) is 1. The number of nitrogens with zero attached hydrogens (tertiary/aromatic N) is 4. The normalized spacial score (nSPS) is 18.2. The van der Waals surface area contributed by atoms with Crippen LogP contribution >= 0.6 is 23.4 Å². The molecule has 0 bridgehead atoms. The molecule has 46 heavy (non-hydrogen) atoms. The maximum atomic E-state index is 13.6. The summed E-state index contributed by atoms with van der Waals surface area (Å²) in [4.78, 5) is 39.4. The molecule has 5 rings (SSSR count). The van der Waals surface area contributed by atoms with E-state index >= 15 is 0 Å². The lowest BCUT2D eigenvalue weighted by Gasteiger charge is -2.34. The fourth-order valence-electron chi connectivity index (χ4n) is 5.19. The van der Waals surface area contributed by atoms with E-state index in [-0.39, 0.29) is 48.0 Å². The van der Waals surface area contributed by atoms with E-state index in [0.29, 0.717) is 16.5 Å². The van der Waals surface area contributed by atoms with Crippen molar-refractivity contribution < 1.29 is 40.7 Å². The molecular weight excluding hydrogens is 671 g/mol. The van der Waals surface area contributed by atoms with Crippen LogP contribution in [-0.4, -0.2) is 69.4 Å². The van der Waals surface area contributed by atoms with Crippen molar-refractivity contribution in [3.05, 3.63) is 69.2 Å². The number of carbonyl (C=O) groups is 3. The second kappa shape index (κ2) is 12.5. The number of rotatable bonds is 6. The van der Waals surface area contributed by atoms with E-state index in [9.17, 15) is 36.0 Å². The molecule has 1 aromatic heterocycles. The maximum Gasteiger partial charge on any atom is 0.422 e. The molecule has 0 atom stereocenters. The molecule has 246 valence electrons. The van der Waals surface area contributed by atoms with Gasteiger partial charge in [-0.05, 0) is 86.8 Å². The lowest BCUT2D eigenvalue weighted by atomic mass is 10.1. The zero-order chi connectivity index (χ0) is 33.6. The van der Waals surface area contributed by atoms with Crippen LogP contribution in [0.1, 0.15) is 50.3 Å². The Balaban J connectivity index is 1.26. The highest BCUT2D eigenvalue weighted by Gasteiger charge is 2.42. The largest absolute Gasteiger partial charge is 0.443 e. The number of benzene rings is 2. The Bertz CT molecular complexity index is 1850. The highest BCUT2D eigenvalue weighted by atomic mass is 35.5. The van der Waals surface area contributed by atoms with E-state index in [0.717, 1.165) is 27.0 Å². The molecule has 2 aliphatic heterocycles. The molecule has 0 radical (unpaired) electrons. The molecule has 17 heteroatoms. The fourth-order valence-corrected chi connectivity index (χ4v) is 7.33. The van der Waals surface area contributed by atoms with Crippen molar-refractivity contribution in [2.75, 3.05) is 13.1 Å². The molecule has 3 aromatic rings. The number of fused-ring (bicyclic) bond motifs is 1. The predicted octanol–water partition coefficient (Wildman–Crippen LogP) is 6.03. The van der Waals surface area contributed by atoms with Gasteiger partial charge in [0, 0.05) is 29.5 Å². The zero-order valence-corrected chi connectivity index (χ0v) is 27.2. The van der Waals surface area contributed by atoms with Gasteiger partial charge in [0.25, 0.3) is 11.1 Å². The van der Waals surface area contributed by atoms with Crippen LogP contribution in [0.15, 0.2) is 47.5 Å². The molecule has 0 unspecified atom stereocenters. The Labute approximate surface area is 271 Å². The Hall–Kier alpha value is -3.60. The van der Waals surface area contributed by atoms with E-state index < -0.39 is 50.8 Å². The van der Waals surface area contributed by atoms with Crippen molar-refractivity contribution in [3.63, 3.8) is 0 Å². The molecule has 2 aliphatic rings. The Kier molecular flexibility index (Phi) is 9.20. The average Bonchev–Trinajstić information content (AvgIpc) is 3.46. The van der Waals surface area contributed by atoms with Gasteiger partial charge in [0.15, 0.2) is 0 Å². The summed E-state index contributed by atoms with van der Waals surface area (Å²) >= 11 is 6.56. The van der Waals surface area contributed by atoms with Gasteiger partial charge in [-0.2, -0.15) is 31.0 Å². The molecule has 2 saturated heterocycles. The lowest BCUT2D eigenvalue weighted by molar-refractivity contribution is -0.138. The number of imide groups is 1. The van der Waals surface area contributed by atoms with Crippen LogP contribution < -0.4 is 4.72 Å². The molecule has 3 heterocycles. The first kappa shape index (κ1) is 33.8. The van der Waals surface area contributed by atoms with Gasteiger partial charge in [-0.3, -0.25) is 19.2 Å². The smallest absolute Gasteiger partial charge is 0.422 e. The van der Waals surface area contributed by atoms with E-state index in [1.807, 2.05) is 4.72 Å². The molecule has 3 amide bonds. The van der Waals surface area contributed by atoms with Crippen LogP contribution in [0.25, 0.3) is 17.0 Å². The third kappa shape index (κ3) is 7.51. The van der Waals surface area contributed by atoms with Crippen LogP contribution in [0.5, 0.6) is 0 Å². The van der Waals surface area contributed by atoms with Crippen molar-refractivity contribution in [1.29, 1.82) is 0 Å². The quantitative estimate of drug-likeness (QED) is 0.309. The fraction of sp³-hybridized carbons (Fsp3) is 0.379. The Morgan fingerprint density at radius 1 is 1.13 bits per heavy atom. The second-order valence-electron chi connectivity index (χ2n) is 11.7. The first-order chi connectivity index (χ1) is 21.4. The maximum absolute atomic E-state index is 13.6. The minimum Gasteiger partial charge on any atom is -0.443 e. The van der Waals surface area contributed by atoms with Gasteiger partial charge >= 0.3 is 22.5 Å². The van der Waals surface area contributed by atoms with Crippen molar-refractivity contribution in [2.24, 2.45) is 0 Å². The van der Waals surface area contributed by atoms with Gasteiger partial charge in [0.1, 0.15) is 5.60 Å². The van der Waals surface area contributed by atoms with Gasteiger partial charge in [0.2, 0.25) is 0 Å². The number of thioether (sulfide) groups is 1. The Morgan fingerprint density at radius 2 is 1.83 bits per heavy atom. The number of amides is 3. The molecular formula is C29H29ClF3N5O6S2. The zero-order valence-electron chi connectivity index (χ0n) is 24.8. The summed E-state index contributed by atoms with van der Waals surface area (Å²) < 4.78 is 75.4. The van der Waals surface area contributed by atoms with Crippen molar-refractivity contribution in [3.8, 4) is 0 Å². The minimum absolute atomic E-state index is 0.00221. The molecule has 0 spiro atoms. The molecule has 0 saturated carbocycles. The topological polar surface area (TPSA) is 131 Å². The summed E-state index contributed by atoms with van der Waals surface area (Å²) in [7, 11) is -4.18. The van der Waals surface area contributed by atoms with Gasteiger partial charge in [-0.25, -0.2) is 9.52 Å². The van der Waals surface area contributed by atoms with Gasteiger partial charge in [-0.15, -0.1) is 0 Å². The van der Waals surface area contributed by atoms with Crippen molar-refractivity contribution in [1.82, 2.24) is 23.7 Å². The summed E-state index contributed by atoms with van der Waals surface area (Å²) in [5, 5.41) is 4.35. The third-order valence-electron chi connectivity index (χ3n) is 7.22. The molecule has 1 N–H and O–H groups in total. The average molecular weight is 700 g/mol. The number of aromatic nitrogens is 2. The lowest BCUT2D eigenvalue weighted by Crippen LogP contribution is -2.52. The number of halogens is 4. The van der Waals surface area contributed by atoms with Crippen molar-refractivity contribution >= 4 is 67.8 Å². The summed E-state index contributed by atoms with van der Waals surface area (Å²) in [6.07, 6.45) is -2.29. The number of alkyl halides is 3. The number of hydrogen-bond donors (Lipinski definition) is 1. The summed E-state index contributed by atoms with van der Waals surface area (Å²) in [6.45, 7) is 4.61. The second-order valence-corrected chi connectivity index (χ2v) is 14.8. The van der Waals surface area contributed by atoms with Crippen LogP contribution in [0.2, 0.25) is 5.02 Å². The van der Waals surface area contributed by atoms with E-state index in [2.05, 4.69) is 5.10 Å². The summed E-state index contributed by atoms with van der Waals surface area (Å²) in [5.41, 5.74) is -0.587. The van der Waals surface area contributed by atoms with Crippen LogP contribution in [0, 0.1) is 0 Å². The standard InChI is InChI=1S/C29H29ClF3N5O6S2/c1-28(2,3)44-26(40)35-46(42,43)36-10-8-21(9-11-36)38-25(39)24(45-27(38)41)13-17-4-7-23-19(12-17)15-34-37(23)16-18-5-6-20(30)14-22(18)29(31,32)33/h4-7,12-15,21H,8-11,16H2,1-3H3,(H,35,40)/b24-13-. The molecule has 2 fully saturated rings. The highest BCUT2D eigenvalue weighted by molar-refractivity contribution is 8.18. The highest BCUT2D eigenvalue weighted by Crippen LogP contribution is 2.37. The minimum atomic E-state index is -4.59. The van der Waals surface area contributed by atoms with Gasteiger partial charge in [0.05, 0.1) is 28.7 Å². The molecule has 2 aromatic carbocycles. The first-order valence-corrected chi connectivity index (χ1v) is 16.6. The van der Waals surface area contributed by atoms with E-state index in [1.54, 1.807) is 45.0 Å². The SMILES string of the molecule is CC(C)(C)OC(=O)NS(=O)(=O)N1CCC(N2C(=O)S/C(=C\c3ccc4c(cnn4Cc4ccc(Cl)cc4C(F)(F)F)c3)C2=O)CC1. The number of piperidine rings is 1. The van der Waals surface area contributed by atoms with Crippen LogP contribution in [-0.2, 0) is 32.5 Å². The summed E-state index contributed by atoms with van der Waals surface area (Å²) in [5.74, 6) is -0.513. The molecule has 0 aliphatic carbocycles. The van der Waals surface area contributed by atoms with Crippen LogP contribution in [0.4, 0.5) is 22.8 Å². The van der Waals surface area contributed by atoms with Gasteiger partial charge < -0.3 is 4.74 Å². The number of hydrogen-bond acceptors (Lipinski definition) is 8. The van der Waals surface area contributed by atoms with Crippen LogP contribution in [0.3, 0.4) is 0 Å². The number of carbonyl (C=O) groups excluding carboxylic acids is 3. The third-order valence-corrected chi connectivity index (χ3v) is 9.81. The first-order valence-electron chi connectivity index (χ1n) is 14.0. The predicted molar refractivity (Wildman–Crippen MR) is 166 cm³/mol. The summed E-state index contributed by atoms with van der Waals surface area (Å²) in [6, 6.07) is 8.08.